The average molecular weight is 320 g/mol. The van der Waals surface area contributed by atoms with Gasteiger partial charge in [-0.15, -0.1) is 0 Å². The lowest BCUT2D eigenvalue weighted by molar-refractivity contribution is -0.134. The molecule has 0 atom stereocenters. The van der Waals surface area contributed by atoms with Gasteiger partial charge in [-0.05, 0) is 30.3 Å². The Balaban J connectivity index is 1.90. The Morgan fingerprint density at radius 1 is 1.17 bits per heavy atom. The molecule has 120 valence electrons. The monoisotopic (exact) mass is 320 g/mol. The number of pyridine rings is 2. The molecular formula is C19H16N2O3. The molecule has 0 aliphatic carbocycles. The minimum absolute atomic E-state index is 0.187. The number of benzene rings is 1. The van der Waals surface area contributed by atoms with Gasteiger partial charge in [0.15, 0.2) is 0 Å². The van der Waals surface area contributed by atoms with Crippen molar-refractivity contribution in [1.82, 2.24) is 9.55 Å². The summed E-state index contributed by atoms with van der Waals surface area (Å²) in [5, 5.41) is 1.06. The predicted molar refractivity (Wildman–Crippen MR) is 92.6 cm³/mol. The van der Waals surface area contributed by atoms with Gasteiger partial charge >= 0.3 is 5.97 Å². The molecule has 0 aliphatic heterocycles. The lowest BCUT2D eigenvalue weighted by Crippen LogP contribution is -2.22. The molecule has 0 amide bonds. The van der Waals surface area contributed by atoms with Crippen molar-refractivity contribution in [3.63, 3.8) is 0 Å². The van der Waals surface area contributed by atoms with Crippen LogP contribution in [0.1, 0.15) is 11.3 Å². The van der Waals surface area contributed by atoms with Crippen molar-refractivity contribution in [2.24, 2.45) is 0 Å². The average Bonchev–Trinajstić information content (AvgIpc) is 2.62. The molecule has 5 heteroatoms. The Morgan fingerprint density at radius 3 is 2.83 bits per heavy atom. The fourth-order valence-electron chi connectivity index (χ4n) is 2.40. The summed E-state index contributed by atoms with van der Waals surface area (Å²) >= 11 is 0. The fourth-order valence-corrected chi connectivity index (χ4v) is 2.40. The van der Waals surface area contributed by atoms with Gasteiger partial charge in [0.1, 0.15) is 0 Å². The summed E-state index contributed by atoms with van der Waals surface area (Å²) in [4.78, 5) is 28.2. The van der Waals surface area contributed by atoms with E-state index in [0.29, 0.717) is 12.1 Å². The van der Waals surface area contributed by atoms with E-state index in [9.17, 15) is 9.59 Å². The number of rotatable bonds is 4. The van der Waals surface area contributed by atoms with Crippen molar-refractivity contribution >= 4 is 22.9 Å². The van der Waals surface area contributed by atoms with Crippen LogP contribution in [0, 0.1) is 0 Å². The van der Waals surface area contributed by atoms with Crippen LogP contribution in [0.25, 0.3) is 17.0 Å². The van der Waals surface area contributed by atoms with Gasteiger partial charge in [0.05, 0.1) is 24.9 Å². The molecule has 0 radical (unpaired) electrons. The van der Waals surface area contributed by atoms with Crippen molar-refractivity contribution in [2.75, 3.05) is 7.11 Å². The summed E-state index contributed by atoms with van der Waals surface area (Å²) in [5.41, 5.74) is 1.92. The summed E-state index contributed by atoms with van der Waals surface area (Å²) in [5.74, 6) is -0.499. The van der Waals surface area contributed by atoms with Gasteiger partial charge < -0.3 is 9.30 Å². The number of methoxy groups -OCH3 is 1. The topological polar surface area (TPSA) is 61.2 Å². The molecule has 2 heterocycles. The molecule has 1 aromatic carbocycles. The van der Waals surface area contributed by atoms with Crippen molar-refractivity contribution in [3.05, 3.63) is 82.4 Å². The van der Waals surface area contributed by atoms with E-state index < -0.39 is 5.97 Å². The van der Waals surface area contributed by atoms with Gasteiger partial charge in [-0.2, -0.15) is 0 Å². The van der Waals surface area contributed by atoms with Crippen LogP contribution in [0.3, 0.4) is 0 Å². The van der Waals surface area contributed by atoms with Gasteiger partial charge in [-0.1, -0.05) is 24.3 Å². The van der Waals surface area contributed by atoms with E-state index >= 15 is 0 Å². The summed E-state index contributed by atoms with van der Waals surface area (Å²) in [6, 6.07) is 15.2. The molecule has 0 saturated heterocycles. The Bertz CT molecular complexity index is 974. The van der Waals surface area contributed by atoms with Gasteiger partial charge in [-0.3, -0.25) is 9.78 Å². The van der Waals surface area contributed by atoms with Crippen LogP contribution in [0.4, 0.5) is 0 Å². The van der Waals surface area contributed by atoms with E-state index in [0.717, 1.165) is 16.6 Å². The second-order valence-corrected chi connectivity index (χ2v) is 5.25. The first-order chi connectivity index (χ1) is 11.7. The van der Waals surface area contributed by atoms with Crippen LogP contribution in [0.15, 0.2) is 65.6 Å². The largest absolute Gasteiger partial charge is 0.466 e. The van der Waals surface area contributed by atoms with Crippen LogP contribution < -0.4 is 5.56 Å². The number of hydrogen-bond donors (Lipinski definition) is 0. The highest BCUT2D eigenvalue weighted by atomic mass is 16.5. The molecule has 5 nitrogen and oxygen atoms in total. The molecule has 3 rings (SSSR count). The highest BCUT2D eigenvalue weighted by molar-refractivity contribution is 5.86. The third-order valence-electron chi connectivity index (χ3n) is 3.64. The fraction of sp³-hybridized carbons (Fsp3) is 0.105. The van der Waals surface area contributed by atoms with Crippen molar-refractivity contribution in [1.29, 1.82) is 0 Å². The molecular weight excluding hydrogens is 304 g/mol. The van der Waals surface area contributed by atoms with Crippen LogP contribution in [-0.2, 0) is 16.1 Å². The number of carbonyl (C=O) groups excluding carboxylic acids is 1. The maximum Gasteiger partial charge on any atom is 0.330 e. The number of carbonyl (C=O) groups is 1. The number of fused-ring (bicyclic) bond motifs is 1. The van der Waals surface area contributed by atoms with Crippen LogP contribution in [-0.4, -0.2) is 22.6 Å². The summed E-state index contributed by atoms with van der Waals surface area (Å²) < 4.78 is 6.10. The Morgan fingerprint density at radius 2 is 2.00 bits per heavy atom. The lowest BCUT2D eigenvalue weighted by atomic mass is 10.2. The molecule has 0 spiro atoms. The van der Waals surface area contributed by atoms with Crippen LogP contribution >= 0.6 is 0 Å². The second kappa shape index (κ2) is 6.91. The zero-order chi connectivity index (χ0) is 16.9. The van der Waals surface area contributed by atoms with Gasteiger partial charge in [0.2, 0.25) is 0 Å². The minimum Gasteiger partial charge on any atom is -0.466 e. The molecule has 0 bridgehead atoms. The Kier molecular flexibility index (Phi) is 4.52. The van der Waals surface area contributed by atoms with Gasteiger partial charge in [-0.25, -0.2) is 4.79 Å². The number of esters is 1. The standard InChI is InChI=1S/C19H16N2O3/c1-24-18(22)11-9-15-6-4-12-21(19(15)23)13-16-10-8-14-5-2-3-7-17(14)20-16/h2-12H,13H2,1H3/b11-9+. The first-order valence-electron chi connectivity index (χ1n) is 7.47. The SMILES string of the molecule is COC(=O)/C=C/c1cccn(Cc2ccc3ccccc3n2)c1=O. The Labute approximate surface area is 138 Å². The highest BCUT2D eigenvalue weighted by Crippen LogP contribution is 2.12. The molecule has 3 aromatic rings. The third-order valence-corrected chi connectivity index (χ3v) is 3.64. The quantitative estimate of drug-likeness (QED) is 0.548. The van der Waals surface area contributed by atoms with Gasteiger partial charge in [0, 0.05) is 23.2 Å². The first kappa shape index (κ1) is 15.7. The first-order valence-corrected chi connectivity index (χ1v) is 7.47. The van der Waals surface area contributed by atoms with Crippen LogP contribution in [0.2, 0.25) is 0 Å². The van der Waals surface area contributed by atoms with E-state index in [1.165, 1.54) is 19.3 Å². The lowest BCUT2D eigenvalue weighted by Gasteiger charge is -2.07. The number of ether oxygens (including phenoxy) is 1. The van der Waals surface area contributed by atoms with E-state index in [-0.39, 0.29) is 5.56 Å². The zero-order valence-electron chi connectivity index (χ0n) is 13.2. The van der Waals surface area contributed by atoms with Crippen molar-refractivity contribution in [3.8, 4) is 0 Å². The maximum atomic E-state index is 12.5. The molecule has 0 saturated carbocycles. The number of nitrogens with zero attached hydrogens (tertiary/aromatic N) is 2. The van der Waals surface area contributed by atoms with E-state index in [4.69, 9.17) is 0 Å². The van der Waals surface area contributed by atoms with E-state index in [2.05, 4.69) is 9.72 Å². The Hall–Kier alpha value is -3.21. The number of hydrogen-bond acceptors (Lipinski definition) is 4. The molecule has 0 fully saturated rings. The predicted octanol–water partition coefficient (Wildman–Crippen LogP) is 2.63. The zero-order valence-corrected chi connectivity index (χ0v) is 13.2. The number of aromatic nitrogens is 2. The van der Waals surface area contributed by atoms with Crippen molar-refractivity contribution in [2.45, 2.75) is 6.54 Å². The molecule has 2 aromatic heterocycles. The maximum absolute atomic E-state index is 12.5. The van der Waals surface area contributed by atoms with E-state index in [1.54, 1.807) is 22.9 Å². The molecule has 0 aliphatic rings. The summed E-state index contributed by atoms with van der Waals surface area (Å²) in [7, 11) is 1.29. The highest BCUT2D eigenvalue weighted by Gasteiger charge is 2.04. The number of para-hydroxylation sites is 1. The smallest absolute Gasteiger partial charge is 0.330 e. The molecule has 24 heavy (non-hydrogen) atoms. The third kappa shape index (κ3) is 3.41. The summed E-state index contributed by atoms with van der Waals surface area (Å²) in [6.45, 7) is 0.365. The van der Waals surface area contributed by atoms with Gasteiger partial charge in [0.25, 0.3) is 5.56 Å². The molecule has 0 N–H and O–H groups in total. The second-order valence-electron chi connectivity index (χ2n) is 5.25. The summed E-state index contributed by atoms with van der Waals surface area (Å²) in [6.07, 6.45) is 4.39. The van der Waals surface area contributed by atoms with Crippen LogP contribution in [0.5, 0.6) is 0 Å². The normalized spacial score (nSPS) is 11.0. The molecule has 0 unspecified atom stereocenters. The van der Waals surface area contributed by atoms with Crippen molar-refractivity contribution < 1.29 is 9.53 Å². The minimum atomic E-state index is -0.499. The van der Waals surface area contributed by atoms with E-state index in [1.807, 2.05) is 36.4 Å².